The maximum atomic E-state index is 10.2. The molecule has 0 aliphatic heterocycles. The maximum Gasteiger partial charge on any atom is 0.185 e. The first-order valence-electron chi connectivity index (χ1n) is 4.01. The summed E-state index contributed by atoms with van der Waals surface area (Å²) in [6, 6.07) is 3.53. The Hall–Kier alpha value is -1.31. The summed E-state index contributed by atoms with van der Waals surface area (Å²) in [4.78, 5) is 10.2. The molecule has 2 heteroatoms. The molecule has 0 bridgehead atoms. The largest absolute Gasteiger partial charge is 0.458 e. The first-order chi connectivity index (χ1) is 5.86. The molecule has 1 aromatic rings. The summed E-state index contributed by atoms with van der Waals surface area (Å²) < 4.78 is 5.18. The average Bonchev–Trinajstić information content (AvgIpc) is 2.53. The van der Waals surface area contributed by atoms with E-state index >= 15 is 0 Å². The van der Waals surface area contributed by atoms with Crippen molar-refractivity contribution in [3.05, 3.63) is 36.3 Å². The molecular weight excluding hydrogens is 152 g/mol. The Balaban J connectivity index is 2.41. The number of allylic oxidation sites excluding steroid dienone is 1. The molecule has 0 N–H and O–H groups in total. The lowest BCUT2D eigenvalue weighted by atomic mass is 10.2. The van der Waals surface area contributed by atoms with Crippen molar-refractivity contribution in [3.8, 4) is 0 Å². The van der Waals surface area contributed by atoms with Crippen LogP contribution in [-0.2, 0) is 6.42 Å². The molecule has 1 aromatic heterocycles. The summed E-state index contributed by atoms with van der Waals surface area (Å²) in [7, 11) is 0. The van der Waals surface area contributed by atoms with E-state index in [1.807, 2.05) is 12.1 Å². The molecule has 0 saturated carbocycles. The number of hydrogen-bond donors (Lipinski definition) is 0. The number of carbonyl (C=O) groups is 1. The van der Waals surface area contributed by atoms with Crippen LogP contribution in [0.25, 0.3) is 0 Å². The lowest BCUT2D eigenvalue weighted by molar-refractivity contribution is 0.109. The summed E-state index contributed by atoms with van der Waals surface area (Å²) in [5.74, 6) is 1.28. The molecule has 1 rings (SSSR count). The van der Waals surface area contributed by atoms with Gasteiger partial charge in [-0.2, -0.15) is 0 Å². The Kier molecular flexibility index (Phi) is 3.33. The number of aldehydes is 1. The van der Waals surface area contributed by atoms with Gasteiger partial charge in [-0.3, -0.25) is 4.79 Å². The fourth-order valence-electron chi connectivity index (χ4n) is 1.01. The first kappa shape index (κ1) is 8.78. The van der Waals surface area contributed by atoms with Crippen molar-refractivity contribution in [1.82, 2.24) is 0 Å². The van der Waals surface area contributed by atoms with E-state index in [2.05, 4.69) is 6.58 Å². The van der Waals surface area contributed by atoms with Crippen LogP contribution in [0, 0.1) is 0 Å². The predicted molar refractivity (Wildman–Crippen MR) is 47.2 cm³/mol. The topological polar surface area (TPSA) is 30.2 Å². The zero-order chi connectivity index (χ0) is 8.81. The highest BCUT2D eigenvalue weighted by atomic mass is 16.3. The summed E-state index contributed by atoms with van der Waals surface area (Å²) in [6.45, 7) is 3.63. The van der Waals surface area contributed by atoms with Gasteiger partial charge in [-0.15, -0.1) is 6.58 Å². The summed E-state index contributed by atoms with van der Waals surface area (Å²) in [5.41, 5.74) is 0. The van der Waals surface area contributed by atoms with Crippen LogP contribution < -0.4 is 0 Å². The van der Waals surface area contributed by atoms with E-state index < -0.39 is 0 Å². The van der Waals surface area contributed by atoms with Crippen LogP contribution in [0.2, 0.25) is 0 Å². The van der Waals surface area contributed by atoms with Crippen LogP contribution in [0.5, 0.6) is 0 Å². The predicted octanol–water partition coefficient (Wildman–Crippen LogP) is 2.60. The Morgan fingerprint density at radius 1 is 1.50 bits per heavy atom. The van der Waals surface area contributed by atoms with Crippen molar-refractivity contribution in [3.63, 3.8) is 0 Å². The van der Waals surface area contributed by atoms with Crippen LogP contribution in [0.4, 0.5) is 0 Å². The van der Waals surface area contributed by atoms with Crippen LogP contribution >= 0.6 is 0 Å². The number of hydrogen-bond acceptors (Lipinski definition) is 2. The van der Waals surface area contributed by atoms with Gasteiger partial charge in [0.25, 0.3) is 0 Å². The Morgan fingerprint density at radius 2 is 2.33 bits per heavy atom. The standard InChI is InChI=1S/C10H12O2/c1-2-3-4-5-9-6-7-10(8-11)12-9/h2,6-8H,1,3-5H2. The van der Waals surface area contributed by atoms with Crippen LogP contribution in [0.15, 0.2) is 29.2 Å². The monoisotopic (exact) mass is 164 g/mol. The molecule has 0 radical (unpaired) electrons. The van der Waals surface area contributed by atoms with Crippen LogP contribution in [0.3, 0.4) is 0 Å². The summed E-state index contributed by atoms with van der Waals surface area (Å²) >= 11 is 0. The third-order valence-corrected chi connectivity index (χ3v) is 1.63. The molecule has 0 saturated heterocycles. The van der Waals surface area contributed by atoms with E-state index in [9.17, 15) is 4.79 Å². The lowest BCUT2D eigenvalue weighted by Gasteiger charge is -1.92. The highest BCUT2D eigenvalue weighted by Gasteiger charge is 1.98. The van der Waals surface area contributed by atoms with Gasteiger partial charge in [-0.25, -0.2) is 0 Å². The minimum Gasteiger partial charge on any atom is -0.458 e. The van der Waals surface area contributed by atoms with Crippen molar-refractivity contribution in [2.75, 3.05) is 0 Å². The second-order valence-electron chi connectivity index (χ2n) is 2.60. The van der Waals surface area contributed by atoms with Gasteiger partial charge in [0.2, 0.25) is 0 Å². The molecule has 0 aromatic carbocycles. The third kappa shape index (κ3) is 2.38. The van der Waals surface area contributed by atoms with E-state index in [0.29, 0.717) is 5.76 Å². The number of carbonyl (C=O) groups excluding carboxylic acids is 1. The SMILES string of the molecule is C=CCCCc1ccc(C=O)o1. The molecule has 0 unspecified atom stereocenters. The van der Waals surface area contributed by atoms with Gasteiger partial charge in [0.1, 0.15) is 5.76 Å². The molecule has 0 atom stereocenters. The minimum atomic E-state index is 0.406. The smallest absolute Gasteiger partial charge is 0.185 e. The van der Waals surface area contributed by atoms with Crippen molar-refractivity contribution in [2.45, 2.75) is 19.3 Å². The molecule has 64 valence electrons. The van der Waals surface area contributed by atoms with Crippen molar-refractivity contribution >= 4 is 6.29 Å². The molecule has 1 heterocycles. The van der Waals surface area contributed by atoms with Crippen LogP contribution in [-0.4, -0.2) is 6.29 Å². The van der Waals surface area contributed by atoms with Gasteiger partial charge < -0.3 is 4.42 Å². The number of furan rings is 1. The van der Waals surface area contributed by atoms with E-state index in [4.69, 9.17) is 4.42 Å². The van der Waals surface area contributed by atoms with Crippen LogP contribution in [0.1, 0.15) is 29.2 Å². The van der Waals surface area contributed by atoms with Gasteiger partial charge in [-0.1, -0.05) is 6.08 Å². The van der Waals surface area contributed by atoms with Crippen molar-refractivity contribution < 1.29 is 9.21 Å². The number of unbranched alkanes of at least 4 members (excludes halogenated alkanes) is 1. The van der Waals surface area contributed by atoms with Crippen molar-refractivity contribution in [2.24, 2.45) is 0 Å². The highest BCUT2D eigenvalue weighted by Crippen LogP contribution is 2.09. The zero-order valence-electron chi connectivity index (χ0n) is 6.95. The second kappa shape index (κ2) is 4.54. The minimum absolute atomic E-state index is 0.406. The number of aryl methyl sites for hydroxylation is 1. The van der Waals surface area contributed by atoms with Gasteiger partial charge in [0, 0.05) is 6.42 Å². The second-order valence-corrected chi connectivity index (χ2v) is 2.60. The maximum absolute atomic E-state index is 10.2. The Morgan fingerprint density at radius 3 is 2.92 bits per heavy atom. The quantitative estimate of drug-likeness (QED) is 0.380. The van der Waals surface area contributed by atoms with Crippen molar-refractivity contribution in [1.29, 1.82) is 0 Å². The van der Waals surface area contributed by atoms with E-state index in [1.54, 1.807) is 6.07 Å². The van der Waals surface area contributed by atoms with Gasteiger partial charge in [0.05, 0.1) is 0 Å². The fourth-order valence-corrected chi connectivity index (χ4v) is 1.01. The molecule has 0 aliphatic carbocycles. The Labute approximate surface area is 71.9 Å². The zero-order valence-corrected chi connectivity index (χ0v) is 6.95. The number of rotatable bonds is 5. The Bertz CT molecular complexity index is 261. The van der Waals surface area contributed by atoms with Gasteiger partial charge >= 0.3 is 0 Å². The molecule has 0 spiro atoms. The normalized spacial score (nSPS) is 9.67. The van der Waals surface area contributed by atoms with Gasteiger partial charge in [0.15, 0.2) is 12.0 Å². The molecule has 12 heavy (non-hydrogen) atoms. The van der Waals surface area contributed by atoms with Gasteiger partial charge in [-0.05, 0) is 25.0 Å². The summed E-state index contributed by atoms with van der Waals surface area (Å²) in [6.07, 6.45) is 5.48. The first-order valence-corrected chi connectivity index (χ1v) is 4.01. The molecular formula is C10H12O2. The average molecular weight is 164 g/mol. The fraction of sp³-hybridized carbons (Fsp3) is 0.300. The van der Waals surface area contributed by atoms with E-state index in [1.165, 1.54) is 0 Å². The van der Waals surface area contributed by atoms with E-state index in [-0.39, 0.29) is 0 Å². The molecule has 0 amide bonds. The summed E-state index contributed by atoms with van der Waals surface area (Å²) in [5, 5.41) is 0. The lowest BCUT2D eigenvalue weighted by Crippen LogP contribution is -1.79. The van der Waals surface area contributed by atoms with E-state index in [0.717, 1.165) is 31.3 Å². The molecule has 2 nitrogen and oxygen atoms in total. The highest BCUT2D eigenvalue weighted by molar-refractivity contribution is 5.70. The molecule has 0 fully saturated rings. The third-order valence-electron chi connectivity index (χ3n) is 1.63. The molecule has 0 aliphatic rings.